The molecule has 3 heteroatoms. The van der Waals surface area contributed by atoms with Crippen LogP contribution in [-0.4, -0.2) is 18.5 Å². The van der Waals surface area contributed by atoms with E-state index in [0.717, 1.165) is 5.56 Å². The van der Waals surface area contributed by atoms with E-state index in [-0.39, 0.29) is 18.0 Å². The summed E-state index contributed by atoms with van der Waals surface area (Å²) in [5, 5.41) is 6.12. The van der Waals surface area contributed by atoms with Crippen molar-refractivity contribution in [2.45, 2.75) is 32.9 Å². The highest BCUT2D eigenvalue weighted by Gasteiger charge is 2.19. The zero-order valence-corrected chi connectivity index (χ0v) is 10.2. The van der Waals surface area contributed by atoms with E-state index < -0.39 is 0 Å². The summed E-state index contributed by atoms with van der Waals surface area (Å²) in [4.78, 5) is 11.9. The summed E-state index contributed by atoms with van der Waals surface area (Å²) >= 11 is 0. The predicted octanol–water partition coefficient (Wildman–Crippen LogP) is 1.86. The van der Waals surface area contributed by atoms with Crippen LogP contribution in [0.15, 0.2) is 30.3 Å². The van der Waals surface area contributed by atoms with Crippen molar-refractivity contribution in [3.63, 3.8) is 0 Å². The lowest BCUT2D eigenvalue weighted by molar-refractivity contribution is -0.123. The minimum atomic E-state index is -0.263. The van der Waals surface area contributed by atoms with Gasteiger partial charge in [0.2, 0.25) is 5.91 Å². The van der Waals surface area contributed by atoms with Gasteiger partial charge < -0.3 is 5.32 Å². The third kappa shape index (κ3) is 3.66. The number of carbonyl (C=O) groups excluding carboxylic acids is 1. The molecule has 0 heterocycles. The van der Waals surface area contributed by atoms with Crippen LogP contribution in [0.4, 0.5) is 0 Å². The van der Waals surface area contributed by atoms with Crippen molar-refractivity contribution in [3.8, 4) is 0 Å². The van der Waals surface area contributed by atoms with Gasteiger partial charge in [-0.2, -0.15) is 0 Å². The second-order valence-electron chi connectivity index (χ2n) is 4.06. The second-order valence-corrected chi connectivity index (χ2v) is 4.06. The van der Waals surface area contributed by atoms with Gasteiger partial charge in [-0.25, -0.2) is 0 Å². The molecule has 0 aliphatic heterocycles. The maximum Gasteiger partial charge on any atom is 0.241 e. The third-order valence-corrected chi connectivity index (χ3v) is 2.25. The number of hydrogen-bond acceptors (Lipinski definition) is 2. The summed E-state index contributed by atoms with van der Waals surface area (Å²) in [7, 11) is 0. The van der Waals surface area contributed by atoms with Crippen LogP contribution in [0.25, 0.3) is 0 Å². The van der Waals surface area contributed by atoms with Gasteiger partial charge in [0, 0.05) is 12.6 Å². The van der Waals surface area contributed by atoms with E-state index in [1.54, 1.807) is 0 Å². The number of benzene rings is 1. The first-order chi connectivity index (χ1) is 7.65. The van der Waals surface area contributed by atoms with Crippen LogP contribution in [0, 0.1) is 0 Å². The fourth-order valence-electron chi connectivity index (χ4n) is 1.58. The standard InChI is InChI=1S/C13H20N2O/c1-4-14-13(16)12(15-10(2)3)11-8-6-5-7-9-11/h5-10,12,15H,4H2,1-3H3,(H,14,16). The molecule has 1 unspecified atom stereocenters. The van der Waals surface area contributed by atoms with Crippen LogP contribution in [0.3, 0.4) is 0 Å². The lowest BCUT2D eigenvalue weighted by atomic mass is 10.1. The second kappa shape index (κ2) is 6.28. The molecule has 3 nitrogen and oxygen atoms in total. The molecule has 0 radical (unpaired) electrons. The fraction of sp³-hybridized carbons (Fsp3) is 0.462. The fourth-order valence-corrected chi connectivity index (χ4v) is 1.58. The molecule has 0 bridgehead atoms. The summed E-state index contributed by atoms with van der Waals surface area (Å²) in [5.74, 6) is 0.0300. The molecule has 1 rings (SSSR count). The van der Waals surface area contributed by atoms with Gasteiger partial charge in [-0.15, -0.1) is 0 Å². The van der Waals surface area contributed by atoms with Gasteiger partial charge in [0.05, 0.1) is 0 Å². The lowest BCUT2D eigenvalue weighted by Gasteiger charge is -2.20. The lowest BCUT2D eigenvalue weighted by Crippen LogP contribution is -2.40. The largest absolute Gasteiger partial charge is 0.355 e. The molecule has 1 amide bonds. The van der Waals surface area contributed by atoms with E-state index in [2.05, 4.69) is 10.6 Å². The van der Waals surface area contributed by atoms with Crippen LogP contribution >= 0.6 is 0 Å². The van der Waals surface area contributed by atoms with E-state index in [1.807, 2.05) is 51.1 Å². The monoisotopic (exact) mass is 220 g/mol. The van der Waals surface area contributed by atoms with Crippen molar-refractivity contribution in [2.75, 3.05) is 6.54 Å². The number of rotatable bonds is 5. The number of hydrogen-bond donors (Lipinski definition) is 2. The zero-order chi connectivity index (χ0) is 12.0. The average molecular weight is 220 g/mol. The first-order valence-corrected chi connectivity index (χ1v) is 5.73. The van der Waals surface area contributed by atoms with Crippen LogP contribution in [0.5, 0.6) is 0 Å². The number of nitrogens with one attached hydrogen (secondary N) is 2. The molecule has 1 aromatic rings. The molecule has 1 aromatic carbocycles. The Bertz CT molecular complexity index is 322. The Hall–Kier alpha value is -1.35. The summed E-state index contributed by atoms with van der Waals surface area (Å²) in [6.07, 6.45) is 0. The molecule has 0 saturated heterocycles. The quantitative estimate of drug-likeness (QED) is 0.795. The summed E-state index contributed by atoms with van der Waals surface area (Å²) in [6.45, 7) is 6.65. The highest BCUT2D eigenvalue weighted by Crippen LogP contribution is 2.13. The zero-order valence-electron chi connectivity index (χ0n) is 10.2. The summed E-state index contributed by atoms with van der Waals surface area (Å²) in [5.41, 5.74) is 1.00. The highest BCUT2D eigenvalue weighted by molar-refractivity contribution is 5.83. The molecule has 2 N–H and O–H groups in total. The van der Waals surface area contributed by atoms with Gasteiger partial charge in [-0.3, -0.25) is 10.1 Å². The Morgan fingerprint density at radius 3 is 2.38 bits per heavy atom. The Labute approximate surface area is 97.2 Å². The van der Waals surface area contributed by atoms with E-state index in [0.29, 0.717) is 6.54 Å². The molecular formula is C13H20N2O. The van der Waals surface area contributed by atoms with Gasteiger partial charge >= 0.3 is 0 Å². The Morgan fingerprint density at radius 1 is 1.25 bits per heavy atom. The molecular weight excluding hydrogens is 200 g/mol. The summed E-state index contributed by atoms with van der Waals surface area (Å²) in [6, 6.07) is 9.79. The number of likely N-dealkylation sites (N-methyl/N-ethyl adjacent to an activating group) is 1. The Morgan fingerprint density at radius 2 is 1.88 bits per heavy atom. The van der Waals surface area contributed by atoms with Crippen molar-refractivity contribution >= 4 is 5.91 Å². The minimum absolute atomic E-state index is 0.0300. The first kappa shape index (κ1) is 12.7. The highest BCUT2D eigenvalue weighted by atomic mass is 16.2. The van der Waals surface area contributed by atoms with Crippen molar-refractivity contribution in [1.82, 2.24) is 10.6 Å². The van der Waals surface area contributed by atoms with Gasteiger partial charge in [0.1, 0.15) is 6.04 Å². The number of carbonyl (C=O) groups is 1. The third-order valence-electron chi connectivity index (χ3n) is 2.25. The van der Waals surface area contributed by atoms with Crippen molar-refractivity contribution in [2.24, 2.45) is 0 Å². The maximum absolute atomic E-state index is 11.9. The summed E-state index contributed by atoms with van der Waals surface area (Å²) < 4.78 is 0. The Balaban J connectivity index is 2.83. The minimum Gasteiger partial charge on any atom is -0.355 e. The van der Waals surface area contributed by atoms with Gasteiger partial charge in [0.15, 0.2) is 0 Å². The predicted molar refractivity (Wildman–Crippen MR) is 66.1 cm³/mol. The molecule has 0 aliphatic carbocycles. The van der Waals surface area contributed by atoms with E-state index in [1.165, 1.54) is 0 Å². The molecule has 0 aliphatic rings. The molecule has 0 saturated carbocycles. The SMILES string of the molecule is CCNC(=O)C(NC(C)C)c1ccccc1. The topological polar surface area (TPSA) is 41.1 Å². The van der Waals surface area contributed by atoms with Crippen molar-refractivity contribution < 1.29 is 4.79 Å². The van der Waals surface area contributed by atoms with Crippen molar-refractivity contribution in [3.05, 3.63) is 35.9 Å². The van der Waals surface area contributed by atoms with Crippen molar-refractivity contribution in [1.29, 1.82) is 0 Å². The molecule has 0 fully saturated rings. The normalized spacial score (nSPS) is 12.5. The molecule has 0 spiro atoms. The smallest absolute Gasteiger partial charge is 0.241 e. The van der Waals surface area contributed by atoms with Crippen LogP contribution in [0.1, 0.15) is 32.4 Å². The van der Waals surface area contributed by atoms with Gasteiger partial charge in [-0.1, -0.05) is 30.3 Å². The maximum atomic E-state index is 11.9. The van der Waals surface area contributed by atoms with E-state index in [9.17, 15) is 4.79 Å². The van der Waals surface area contributed by atoms with Crippen LogP contribution < -0.4 is 10.6 Å². The molecule has 16 heavy (non-hydrogen) atoms. The van der Waals surface area contributed by atoms with Crippen LogP contribution in [-0.2, 0) is 4.79 Å². The van der Waals surface area contributed by atoms with Gasteiger partial charge in [-0.05, 0) is 26.3 Å². The molecule has 88 valence electrons. The Kier molecular flexibility index (Phi) is 4.99. The molecule has 0 aromatic heterocycles. The number of amides is 1. The van der Waals surface area contributed by atoms with E-state index >= 15 is 0 Å². The van der Waals surface area contributed by atoms with Crippen LogP contribution in [0.2, 0.25) is 0 Å². The average Bonchev–Trinajstić information content (AvgIpc) is 2.27. The molecule has 1 atom stereocenters. The van der Waals surface area contributed by atoms with E-state index in [4.69, 9.17) is 0 Å². The van der Waals surface area contributed by atoms with Gasteiger partial charge in [0.25, 0.3) is 0 Å². The first-order valence-electron chi connectivity index (χ1n) is 5.73.